The Hall–Kier alpha value is -3.28. The van der Waals surface area contributed by atoms with E-state index in [4.69, 9.17) is 0 Å². The molecular weight excluding hydrogens is 381 g/mol. The summed E-state index contributed by atoms with van der Waals surface area (Å²) in [6.07, 6.45) is 4.25. The fourth-order valence-corrected chi connectivity index (χ4v) is 4.02. The Balaban J connectivity index is 1.65. The average Bonchev–Trinajstić information content (AvgIpc) is 2.76. The van der Waals surface area contributed by atoms with Crippen molar-refractivity contribution in [1.29, 1.82) is 0 Å². The number of hydrogen-bond donors (Lipinski definition) is 1. The van der Waals surface area contributed by atoms with Crippen molar-refractivity contribution in [1.82, 2.24) is 15.1 Å². The monoisotopic (exact) mass is 405 g/mol. The Bertz CT molecular complexity index is 1150. The second kappa shape index (κ2) is 8.22. The van der Waals surface area contributed by atoms with Crippen molar-refractivity contribution in [3.63, 3.8) is 0 Å². The summed E-state index contributed by atoms with van der Waals surface area (Å²) in [4.78, 5) is 25.7. The molecule has 0 unspecified atom stereocenters. The maximum atomic E-state index is 14.6. The molecule has 1 aliphatic rings. The fourth-order valence-electron chi connectivity index (χ4n) is 4.02. The number of halogens is 1. The molecule has 1 N–H and O–H groups in total. The highest BCUT2D eigenvalue weighted by Crippen LogP contribution is 2.27. The van der Waals surface area contributed by atoms with Gasteiger partial charge in [-0.25, -0.2) is 9.49 Å². The van der Waals surface area contributed by atoms with Gasteiger partial charge in [-0.1, -0.05) is 18.2 Å². The number of H-pyrrole nitrogens is 1. The lowest BCUT2D eigenvalue weighted by Gasteiger charge is -2.17. The molecule has 6 heteroatoms. The number of aromatic amines is 1. The zero-order valence-corrected chi connectivity index (χ0v) is 17.2. The van der Waals surface area contributed by atoms with E-state index in [0.29, 0.717) is 23.1 Å². The molecule has 5 nitrogen and oxygen atoms in total. The minimum atomic E-state index is -0.318. The van der Waals surface area contributed by atoms with E-state index in [2.05, 4.69) is 10.2 Å². The number of hydrogen-bond acceptors (Lipinski definition) is 3. The van der Waals surface area contributed by atoms with Crippen molar-refractivity contribution in [3.05, 3.63) is 86.6 Å². The Labute approximate surface area is 174 Å². The first kappa shape index (κ1) is 20.0. The summed E-state index contributed by atoms with van der Waals surface area (Å²) in [6, 6.07) is 12.0. The first-order valence-corrected chi connectivity index (χ1v) is 10.1. The van der Waals surface area contributed by atoms with Gasteiger partial charge in [0.05, 0.1) is 5.69 Å². The topological polar surface area (TPSA) is 66.1 Å². The zero-order valence-electron chi connectivity index (χ0n) is 17.2. The van der Waals surface area contributed by atoms with E-state index in [9.17, 15) is 14.0 Å². The molecule has 1 aromatic heterocycles. The summed E-state index contributed by atoms with van der Waals surface area (Å²) in [5.41, 5.74) is 5.32. The molecule has 0 atom stereocenters. The molecule has 1 heterocycles. The maximum Gasteiger partial charge on any atom is 0.267 e. The summed E-state index contributed by atoms with van der Waals surface area (Å²) in [6.45, 7) is 0. The first-order valence-electron chi connectivity index (χ1n) is 10.1. The fraction of sp³-hybridized carbons (Fsp3) is 0.292. The van der Waals surface area contributed by atoms with Crippen LogP contribution in [-0.2, 0) is 19.3 Å². The van der Waals surface area contributed by atoms with E-state index >= 15 is 0 Å². The number of amides is 1. The van der Waals surface area contributed by atoms with Crippen molar-refractivity contribution in [3.8, 4) is 11.1 Å². The van der Waals surface area contributed by atoms with Gasteiger partial charge < -0.3 is 4.90 Å². The summed E-state index contributed by atoms with van der Waals surface area (Å²) in [5, 5.41) is 6.90. The molecule has 3 aromatic rings. The van der Waals surface area contributed by atoms with Crippen LogP contribution in [0.3, 0.4) is 0 Å². The van der Waals surface area contributed by atoms with E-state index in [1.807, 2.05) is 6.07 Å². The van der Waals surface area contributed by atoms with Crippen LogP contribution in [0.5, 0.6) is 0 Å². The Kier molecular flexibility index (Phi) is 5.48. The summed E-state index contributed by atoms with van der Waals surface area (Å²) < 4.78 is 14.6. The molecule has 1 amide bonds. The van der Waals surface area contributed by atoms with Gasteiger partial charge in [0.2, 0.25) is 0 Å². The van der Waals surface area contributed by atoms with Gasteiger partial charge in [0.25, 0.3) is 11.5 Å². The van der Waals surface area contributed by atoms with Crippen molar-refractivity contribution in [2.24, 2.45) is 0 Å². The van der Waals surface area contributed by atoms with Crippen molar-refractivity contribution >= 4 is 5.91 Å². The highest BCUT2D eigenvalue weighted by atomic mass is 19.1. The second-order valence-corrected chi connectivity index (χ2v) is 7.93. The standard InChI is InChI=1S/C24H24FN3O2/c1-28(2)24(30)17-10-8-16(9-11-17)20-13-15(7-12-21(20)25)14-22-18-5-3-4-6-19(18)23(29)27-26-22/h7-13H,3-6,14H2,1-2H3,(H,27,29). The number of nitrogens with zero attached hydrogens (tertiary/aromatic N) is 2. The van der Waals surface area contributed by atoms with Gasteiger partial charge in [0.15, 0.2) is 0 Å². The van der Waals surface area contributed by atoms with Gasteiger partial charge in [-0.15, -0.1) is 0 Å². The normalized spacial score (nSPS) is 13.0. The van der Waals surface area contributed by atoms with Crippen molar-refractivity contribution in [2.75, 3.05) is 14.1 Å². The second-order valence-electron chi connectivity index (χ2n) is 7.93. The van der Waals surface area contributed by atoms with E-state index in [1.165, 1.54) is 11.0 Å². The third-order valence-electron chi connectivity index (χ3n) is 5.63. The highest BCUT2D eigenvalue weighted by molar-refractivity contribution is 5.94. The molecular formula is C24H24FN3O2. The number of rotatable bonds is 4. The minimum Gasteiger partial charge on any atom is -0.345 e. The molecule has 0 spiro atoms. The van der Waals surface area contributed by atoms with E-state index in [0.717, 1.165) is 48.1 Å². The Morgan fingerprint density at radius 2 is 1.77 bits per heavy atom. The van der Waals surface area contributed by atoms with E-state index in [1.54, 1.807) is 44.4 Å². The molecule has 1 aliphatic carbocycles. The van der Waals surface area contributed by atoms with Crippen LogP contribution >= 0.6 is 0 Å². The summed E-state index contributed by atoms with van der Waals surface area (Å²) >= 11 is 0. The number of benzene rings is 2. The molecule has 0 bridgehead atoms. The van der Waals surface area contributed by atoms with Gasteiger partial charge in [-0.3, -0.25) is 9.59 Å². The quantitative estimate of drug-likeness (QED) is 0.719. The molecule has 0 fully saturated rings. The third-order valence-corrected chi connectivity index (χ3v) is 5.63. The molecule has 154 valence electrons. The highest BCUT2D eigenvalue weighted by Gasteiger charge is 2.18. The molecule has 0 radical (unpaired) electrons. The van der Waals surface area contributed by atoms with Crippen molar-refractivity contribution < 1.29 is 9.18 Å². The Morgan fingerprint density at radius 1 is 1.07 bits per heavy atom. The van der Waals surface area contributed by atoms with Crippen LogP contribution in [0.25, 0.3) is 11.1 Å². The van der Waals surface area contributed by atoms with Gasteiger partial charge in [0.1, 0.15) is 5.82 Å². The smallest absolute Gasteiger partial charge is 0.267 e. The number of carbonyl (C=O) groups excluding carboxylic acids is 1. The predicted octanol–water partition coefficient (Wildman–Crippen LogP) is 3.75. The third kappa shape index (κ3) is 3.90. The van der Waals surface area contributed by atoms with Gasteiger partial charge in [-0.2, -0.15) is 5.10 Å². The van der Waals surface area contributed by atoms with E-state index in [-0.39, 0.29) is 17.3 Å². The molecule has 0 aliphatic heterocycles. The number of fused-ring (bicyclic) bond motifs is 1. The zero-order chi connectivity index (χ0) is 21.3. The molecule has 2 aromatic carbocycles. The van der Waals surface area contributed by atoms with Gasteiger partial charge >= 0.3 is 0 Å². The number of carbonyl (C=O) groups is 1. The summed E-state index contributed by atoms with van der Waals surface area (Å²) in [5.74, 6) is -0.411. The summed E-state index contributed by atoms with van der Waals surface area (Å²) in [7, 11) is 3.39. The number of aromatic nitrogens is 2. The Morgan fingerprint density at radius 3 is 2.47 bits per heavy atom. The van der Waals surface area contributed by atoms with Crippen LogP contribution in [0.15, 0.2) is 47.3 Å². The lowest BCUT2D eigenvalue weighted by Crippen LogP contribution is -2.23. The van der Waals surface area contributed by atoms with Crippen LogP contribution in [0, 0.1) is 5.82 Å². The predicted molar refractivity (Wildman–Crippen MR) is 114 cm³/mol. The SMILES string of the molecule is CN(C)C(=O)c1ccc(-c2cc(Cc3n[nH]c(=O)c4c3CCCC4)ccc2F)cc1. The lowest BCUT2D eigenvalue weighted by atomic mass is 9.89. The van der Waals surface area contributed by atoms with Crippen LogP contribution in [0.2, 0.25) is 0 Å². The van der Waals surface area contributed by atoms with Gasteiger partial charge in [0, 0.05) is 37.2 Å². The van der Waals surface area contributed by atoms with Crippen molar-refractivity contribution in [2.45, 2.75) is 32.1 Å². The van der Waals surface area contributed by atoms with Crippen LogP contribution in [0.4, 0.5) is 4.39 Å². The van der Waals surface area contributed by atoms with Crippen LogP contribution < -0.4 is 5.56 Å². The van der Waals surface area contributed by atoms with E-state index < -0.39 is 0 Å². The van der Waals surface area contributed by atoms with Crippen LogP contribution in [-0.4, -0.2) is 35.1 Å². The molecule has 0 saturated heterocycles. The molecule has 0 saturated carbocycles. The maximum absolute atomic E-state index is 14.6. The number of nitrogens with one attached hydrogen (secondary N) is 1. The van der Waals surface area contributed by atoms with Gasteiger partial charge in [-0.05, 0) is 66.6 Å². The average molecular weight is 405 g/mol. The minimum absolute atomic E-state index is 0.0929. The largest absolute Gasteiger partial charge is 0.345 e. The molecule has 4 rings (SSSR count). The lowest BCUT2D eigenvalue weighted by molar-refractivity contribution is 0.0827. The van der Waals surface area contributed by atoms with Crippen LogP contribution in [0.1, 0.15) is 45.6 Å². The first-order chi connectivity index (χ1) is 14.4. The molecule has 30 heavy (non-hydrogen) atoms.